The Hall–Kier alpha value is -0.890. The molecule has 0 spiro atoms. The highest BCUT2D eigenvalue weighted by Crippen LogP contribution is 2.19. The molecule has 19 heavy (non-hydrogen) atoms. The van der Waals surface area contributed by atoms with Crippen molar-refractivity contribution < 1.29 is 4.39 Å². The number of benzene rings is 1. The lowest BCUT2D eigenvalue weighted by atomic mass is 10.0. The van der Waals surface area contributed by atoms with Gasteiger partial charge in [-0.2, -0.15) is 0 Å². The summed E-state index contributed by atoms with van der Waals surface area (Å²) in [4.78, 5) is 0. The number of halogens is 1. The molecule has 0 atom stereocenters. The van der Waals surface area contributed by atoms with Crippen molar-refractivity contribution in [1.82, 2.24) is 5.32 Å². The number of aryl methyl sites for hydroxylation is 3. The van der Waals surface area contributed by atoms with Crippen LogP contribution in [0.15, 0.2) is 12.1 Å². The Morgan fingerprint density at radius 1 is 1.05 bits per heavy atom. The van der Waals surface area contributed by atoms with Crippen LogP contribution in [0.4, 0.5) is 4.39 Å². The first-order valence-corrected chi connectivity index (χ1v) is 7.66. The van der Waals surface area contributed by atoms with Gasteiger partial charge in [-0.3, -0.25) is 0 Å². The monoisotopic (exact) mass is 263 g/mol. The normalized spacial score (nSPS) is 14.9. The Labute approximate surface area is 116 Å². The lowest BCUT2D eigenvalue weighted by Gasteiger charge is -2.07. The second-order valence-corrected chi connectivity index (χ2v) is 5.94. The molecule has 1 fully saturated rings. The van der Waals surface area contributed by atoms with Gasteiger partial charge in [-0.15, -0.1) is 0 Å². The Morgan fingerprint density at radius 2 is 1.68 bits per heavy atom. The van der Waals surface area contributed by atoms with E-state index in [0.29, 0.717) is 0 Å². The van der Waals surface area contributed by atoms with Gasteiger partial charge in [-0.1, -0.05) is 25.0 Å². The molecule has 1 saturated carbocycles. The number of unbranched alkanes of at least 4 members (excludes halogenated alkanes) is 3. The molecule has 2 heteroatoms. The molecule has 1 nitrogen and oxygen atoms in total. The smallest absolute Gasteiger partial charge is 0.129 e. The summed E-state index contributed by atoms with van der Waals surface area (Å²) >= 11 is 0. The third-order valence-corrected chi connectivity index (χ3v) is 3.90. The van der Waals surface area contributed by atoms with Crippen LogP contribution in [0, 0.1) is 19.7 Å². The first-order valence-electron chi connectivity index (χ1n) is 7.66. The van der Waals surface area contributed by atoms with Gasteiger partial charge in [-0.05, 0) is 69.2 Å². The Kier molecular flexibility index (Phi) is 5.38. The van der Waals surface area contributed by atoms with Gasteiger partial charge in [0, 0.05) is 6.04 Å². The van der Waals surface area contributed by atoms with Crippen molar-refractivity contribution >= 4 is 0 Å². The quantitative estimate of drug-likeness (QED) is 0.690. The van der Waals surface area contributed by atoms with Crippen molar-refractivity contribution in [3.05, 3.63) is 34.6 Å². The predicted molar refractivity (Wildman–Crippen MR) is 79.1 cm³/mol. The molecule has 1 N–H and O–H groups in total. The van der Waals surface area contributed by atoms with Crippen molar-refractivity contribution in [2.75, 3.05) is 6.54 Å². The van der Waals surface area contributed by atoms with Crippen LogP contribution in [0.1, 0.15) is 55.2 Å². The highest BCUT2D eigenvalue weighted by molar-refractivity contribution is 5.30. The van der Waals surface area contributed by atoms with Gasteiger partial charge in [-0.25, -0.2) is 4.39 Å². The lowest BCUT2D eigenvalue weighted by Crippen LogP contribution is -2.17. The highest BCUT2D eigenvalue weighted by Gasteiger charge is 2.19. The van der Waals surface area contributed by atoms with Crippen LogP contribution in [0.25, 0.3) is 0 Å². The zero-order chi connectivity index (χ0) is 13.7. The SMILES string of the molecule is Cc1cc(CCCCCCNC2CC2)cc(C)c1F. The fraction of sp³-hybridized carbons (Fsp3) is 0.647. The van der Waals surface area contributed by atoms with Crippen LogP contribution >= 0.6 is 0 Å². The van der Waals surface area contributed by atoms with Crippen molar-refractivity contribution in [3.8, 4) is 0 Å². The molecule has 0 amide bonds. The van der Waals surface area contributed by atoms with Gasteiger partial charge < -0.3 is 5.32 Å². The largest absolute Gasteiger partial charge is 0.314 e. The minimum Gasteiger partial charge on any atom is -0.314 e. The van der Waals surface area contributed by atoms with Crippen LogP contribution in [-0.2, 0) is 6.42 Å². The molecule has 0 bridgehead atoms. The van der Waals surface area contributed by atoms with E-state index in [1.807, 2.05) is 26.0 Å². The van der Waals surface area contributed by atoms with Crippen molar-refractivity contribution in [2.45, 2.75) is 64.8 Å². The maximum absolute atomic E-state index is 13.5. The van der Waals surface area contributed by atoms with E-state index >= 15 is 0 Å². The third-order valence-electron chi connectivity index (χ3n) is 3.90. The maximum Gasteiger partial charge on any atom is 0.129 e. The van der Waals surface area contributed by atoms with Crippen molar-refractivity contribution in [1.29, 1.82) is 0 Å². The molecule has 106 valence electrons. The van der Waals surface area contributed by atoms with E-state index in [9.17, 15) is 4.39 Å². The van der Waals surface area contributed by atoms with E-state index in [0.717, 1.165) is 23.6 Å². The number of hydrogen-bond acceptors (Lipinski definition) is 1. The van der Waals surface area contributed by atoms with E-state index in [-0.39, 0.29) is 5.82 Å². The Morgan fingerprint density at radius 3 is 2.32 bits per heavy atom. The first kappa shape index (κ1) is 14.5. The highest BCUT2D eigenvalue weighted by atomic mass is 19.1. The van der Waals surface area contributed by atoms with Gasteiger partial charge in [0.15, 0.2) is 0 Å². The zero-order valence-electron chi connectivity index (χ0n) is 12.3. The molecule has 0 saturated heterocycles. The number of nitrogens with one attached hydrogen (secondary N) is 1. The summed E-state index contributed by atoms with van der Waals surface area (Å²) in [5.74, 6) is -0.0464. The van der Waals surface area contributed by atoms with Gasteiger partial charge in [0.25, 0.3) is 0 Å². The molecule has 1 aromatic rings. The second-order valence-electron chi connectivity index (χ2n) is 5.94. The number of hydrogen-bond donors (Lipinski definition) is 1. The molecular formula is C17H26FN. The van der Waals surface area contributed by atoms with Gasteiger partial charge in [0.1, 0.15) is 5.82 Å². The minimum atomic E-state index is -0.0464. The van der Waals surface area contributed by atoms with Crippen LogP contribution in [-0.4, -0.2) is 12.6 Å². The molecule has 0 aromatic heterocycles. The lowest BCUT2D eigenvalue weighted by molar-refractivity contribution is 0.584. The maximum atomic E-state index is 13.5. The van der Waals surface area contributed by atoms with Crippen LogP contribution < -0.4 is 5.32 Å². The summed E-state index contributed by atoms with van der Waals surface area (Å²) in [5.41, 5.74) is 2.85. The fourth-order valence-corrected chi connectivity index (χ4v) is 2.58. The molecule has 0 radical (unpaired) electrons. The molecule has 1 aliphatic carbocycles. The molecular weight excluding hydrogens is 237 g/mol. The molecule has 0 heterocycles. The van der Waals surface area contributed by atoms with E-state index in [2.05, 4.69) is 5.32 Å². The van der Waals surface area contributed by atoms with Crippen LogP contribution in [0.5, 0.6) is 0 Å². The Bertz CT molecular complexity index is 387. The van der Waals surface area contributed by atoms with E-state index in [1.54, 1.807) is 0 Å². The van der Waals surface area contributed by atoms with Crippen molar-refractivity contribution in [2.24, 2.45) is 0 Å². The number of rotatable bonds is 8. The van der Waals surface area contributed by atoms with E-state index in [1.165, 1.54) is 50.6 Å². The molecule has 0 aliphatic heterocycles. The topological polar surface area (TPSA) is 12.0 Å². The summed E-state index contributed by atoms with van der Waals surface area (Å²) in [7, 11) is 0. The summed E-state index contributed by atoms with van der Waals surface area (Å²) in [6.07, 6.45) is 8.93. The Balaban J connectivity index is 1.59. The molecule has 2 rings (SSSR count). The standard InChI is InChI=1S/C17H26FN/c1-13-11-15(12-14(2)17(13)18)7-5-3-4-6-10-19-16-8-9-16/h11-12,16,19H,3-10H2,1-2H3. The third kappa shape index (κ3) is 4.94. The summed E-state index contributed by atoms with van der Waals surface area (Å²) in [6, 6.07) is 4.83. The summed E-state index contributed by atoms with van der Waals surface area (Å²) in [6.45, 7) is 4.89. The minimum absolute atomic E-state index is 0.0464. The molecule has 1 aliphatic rings. The van der Waals surface area contributed by atoms with Gasteiger partial charge in [0.05, 0.1) is 0 Å². The van der Waals surface area contributed by atoms with Crippen LogP contribution in [0.2, 0.25) is 0 Å². The molecule has 1 aromatic carbocycles. The average molecular weight is 263 g/mol. The predicted octanol–water partition coefficient (Wildman–Crippen LogP) is 4.30. The van der Waals surface area contributed by atoms with Crippen LogP contribution in [0.3, 0.4) is 0 Å². The summed E-state index contributed by atoms with van der Waals surface area (Å²) in [5, 5.41) is 3.54. The second kappa shape index (κ2) is 7.04. The van der Waals surface area contributed by atoms with E-state index in [4.69, 9.17) is 0 Å². The van der Waals surface area contributed by atoms with E-state index < -0.39 is 0 Å². The van der Waals surface area contributed by atoms with Gasteiger partial charge >= 0.3 is 0 Å². The van der Waals surface area contributed by atoms with Crippen molar-refractivity contribution in [3.63, 3.8) is 0 Å². The fourth-order valence-electron chi connectivity index (χ4n) is 2.58. The molecule has 0 unspecified atom stereocenters. The first-order chi connectivity index (χ1) is 9.16. The average Bonchev–Trinajstić information content (AvgIpc) is 3.18. The zero-order valence-corrected chi connectivity index (χ0v) is 12.3. The summed E-state index contributed by atoms with van der Waals surface area (Å²) < 4.78 is 13.5. The van der Waals surface area contributed by atoms with Gasteiger partial charge in [0.2, 0.25) is 0 Å².